The van der Waals surface area contributed by atoms with Gasteiger partial charge >= 0.3 is 0 Å². The van der Waals surface area contributed by atoms with Crippen molar-refractivity contribution in [3.63, 3.8) is 0 Å². The molecule has 2 nitrogen and oxygen atoms in total. The summed E-state index contributed by atoms with van der Waals surface area (Å²) in [4.78, 5) is 0. The van der Waals surface area contributed by atoms with Crippen LogP contribution in [0.15, 0.2) is 0 Å². The van der Waals surface area contributed by atoms with E-state index in [1.54, 1.807) is 0 Å². The first-order valence-corrected chi connectivity index (χ1v) is 6.33. The molecule has 2 unspecified atom stereocenters. The van der Waals surface area contributed by atoms with Crippen molar-refractivity contribution in [3.05, 3.63) is 0 Å². The van der Waals surface area contributed by atoms with Crippen molar-refractivity contribution in [2.24, 2.45) is 17.6 Å². The molecule has 0 aromatic heterocycles. The van der Waals surface area contributed by atoms with Gasteiger partial charge < -0.3 is 11.1 Å². The van der Waals surface area contributed by atoms with Gasteiger partial charge in [0.25, 0.3) is 0 Å². The number of rotatable bonds is 5. The maximum absolute atomic E-state index is 5.75. The Labute approximate surface area is 87.6 Å². The van der Waals surface area contributed by atoms with E-state index >= 15 is 0 Å². The molecule has 2 saturated carbocycles. The zero-order valence-corrected chi connectivity index (χ0v) is 9.17. The molecule has 0 spiro atoms. The van der Waals surface area contributed by atoms with Crippen LogP contribution in [0, 0.1) is 11.8 Å². The van der Waals surface area contributed by atoms with E-state index in [1.165, 1.54) is 51.5 Å². The van der Waals surface area contributed by atoms with Crippen LogP contribution in [0.4, 0.5) is 0 Å². The Hall–Kier alpha value is -0.0800. The molecule has 0 heterocycles. The highest BCUT2D eigenvalue weighted by Gasteiger charge is 2.25. The lowest BCUT2D eigenvalue weighted by Crippen LogP contribution is -2.37. The molecule has 3 N–H and O–H groups in total. The molecule has 0 aromatic rings. The number of nitrogens with two attached hydrogens (primary N) is 1. The average molecular weight is 196 g/mol. The summed E-state index contributed by atoms with van der Waals surface area (Å²) in [7, 11) is 0. The van der Waals surface area contributed by atoms with Gasteiger partial charge in [0, 0.05) is 6.04 Å². The van der Waals surface area contributed by atoms with Crippen LogP contribution in [0.2, 0.25) is 0 Å². The molecule has 0 saturated heterocycles. The molecule has 2 rings (SSSR count). The molecule has 2 heteroatoms. The Morgan fingerprint density at radius 2 is 1.86 bits per heavy atom. The third-order valence-electron chi connectivity index (χ3n) is 4.15. The second-order valence-corrected chi connectivity index (χ2v) is 5.07. The third kappa shape index (κ3) is 2.48. The standard InChI is InChI=1S/C12H24N2/c13-9-11-5-2-6-12(11)14-8-7-10-3-1-4-10/h10-12,14H,1-9,13H2. The lowest BCUT2D eigenvalue weighted by Gasteiger charge is -2.27. The SMILES string of the molecule is NCC1CCCC1NCCC1CCC1. The van der Waals surface area contributed by atoms with E-state index in [0.29, 0.717) is 0 Å². The molecule has 14 heavy (non-hydrogen) atoms. The Morgan fingerprint density at radius 3 is 2.50 bits per heavy atom. The van der Waals surface area contributed by atoms with Crippen molar-refractivity contribution < 1.29 is 0 Å². The first-order valence-electron chi connectivity index (χ1n) is 6.33. The summed E-state index contributed by atoms with van der Waals surface area (Å²) in [6.45, 7) is 2.10. The predicted molar refractivity (Wildman–Crippen MR) is 60.1 cm³/mol. The molecule has 2 aliphatic carbocycles. The van der Waals surface area contributed by atoms with Crippen LogP contribution in [0.3, 0.4) is 0 Å². The zero-order valence-electron chi connectivity index (χ0n) is 9.17. The van der Waals surface area contributed by atoms with Gasteiger partial charge in [0.15, 0.2) is 0 Å². The molecule has 0 bridgehead atoms. The van der Waals surface area contributed by atoms with E-state index in [9.17, 15) is 0 Å². The van der Waals surface area contributed by atoms with Crippen LogP contribution in [0.1, 0.15) is 44.9 Å². The summed E-state index contributed by atoms with van der Waals surface area (Å²) in [6, 6.07) is 0.736. The van der Waals surface area contributed by atoms with Crippen molar-refractivity contribution in [3.8, 4) is 0 Å². The van der Waals surface area contributed by atoms with Crippen molar-refractivity contribution in [1.82, 2.24) is 5.32 Å². The second-order valence-electron chi connectivity index (χ2n) is 5.07. The molecule has 0 aromatic carbocycles. The van der Waals surface area contributed by atoms with E-state index in [-0.39, 0.29) is 0 Å². The largest absolute Gasteiger partial charge is 0.330 e. The Balaban J connectivity index is 1.59. The van der Waals surface area contributed by atoms with Gasteiger partial charge in [0.2, 0.25) is 0 Å². The number of hydrogen-bond acceptors (Lipinski definition) is 2. The normalized spacial score (nSPS) is 33.2. The maximum Gasteiger partial charge on any atom is 0.0107 e. The monoisotopic (exact) mass is 196 g/mol. The fraction of sp³-hybridized carbons (Fsp3) is 1.00. The Kier molecular flexibility index (Phi) is 3.82. The van der Waals surface area contributed by atoms with Gasteiger partial charge in [-0.05, 0) is 44.2 Å². The van der Waals surface area contributed by atoms with Gasteiger partial charge in [-0.3, -0.25) is 0 Å². The van der Waals surface area contributed by atoms with Crippen LogP contribution < -0.4 is 11.1 Å². The van der Waals surface area contributed by atoms with Crippen LogP contribution in [-0.4, -0.2) is 19.1 Å². The van der Waals surface area contributed by atoms with Gasteiger partial charge in [-0.2, -0.15) is 0 Å². The lowest BCUT2D eigenvalue weighted by molar-refractivity contribution is 0.281. The average Bonchev–Trinajstić information content (AvgIpc) is 2.56. The molecule has 0 aliphatic heterocycles. The van der Waals surface area contributed by atoms with E-state index in [1.807, 2.05) is 0 Å². The second kappa shape index (κ2) is 5.13. The van der Waals surface area contributed by atoms with Gasteiger partial charge in [-0.25, -0.2) is 0 Å². The van der Waals surface area contributed by atoms with Gasteiger partial charge in [0.1, 0.15) is 0 Å². The van der Waals surface area contributed by atoms with E-state index in [4.69, 9.17) is 5.73 Å². The Bertz CT molecular complexity index is 166. The zero-order chi connectivity index (χ0) is 9.80. The van der Waals surface area contributed by atoms with Crippen LogP contribution in [-0.2, 0) is 0 Å². The lowest BCUT2D eigenvalue weighted by atomic mass is 9.83. The fourth-order valence-corrected chi connectivity index (χ4v) is 2.84. The summed E-state index contributed by atoms with van der Waals surface area (Å²) in [5.74, 6) is 1.80. The molecule has 2 aliphatic rings. The summed E-state index contributed by atoms with van der Waals surface area (Å²) in [6.07, 6.45) is 9.90. The molecule has 0 radical (unpaired) electrons. The molecule has 82 valence electrons. The van der Waals surface area contributed by atoms with Crippen molar-refractivity contribution >= 4 is 0 Å². The van der Waals surface area contributed by atoms with Crippen molar-refractivity contribution in [1.29, 1.82) is 0 Å². The topological polar surface area (TPSA) is 38.0 Å². The van der Waals surface area contributed by atoms with Crippen LogP contribution >= 0.6 is 0 Å². The number of nitrogens with one attached hydrogen (secondary N) is 1. The quantitative estimate of drug-likeness (QED) is 0.705. The van der Waals surface area contributed by atoms with E-state index < -0.39 is 0 Å². The first-order chi connectivity index (χ1) is 6.90. The van der Waals surface area contributed by atoms with Gasteiger partial charge in [-0.1, -0.05) is 25.7 Å². The minimum Gasteiger partial charge on any atom is -0.330 e. The summed E-state index contributed by atoms with van der Waals surface area (Å²) in [5, 5.41) is 3.70. The van der Waals surface area contributed by atoms with Gasteiger partial charge in [0.05, 0.1) is 0 Å². The molecular formula is C12H24N2. The van der Waals surface area contributed by atoms with Crippen LogP contribution in [0.5, 0.6) is 0 Å². The molecule has 2 fully saturated rings. The van der Waals surface area contributed by atoms with Crippen molar-refractivity contribution in [2.75, 3.05) is 13.1 Å². The smallest absolute Gasteiger partial charge is 0.0107 e. The highest BCUT2D eigenvalue weighted by Crippen LogP contribution is 2.29. The van der Waals surface area contributed by atoms with Crippen LogP contribution in [0.25, 0.3) is 0 Å². The summed E-state index contributed by atoms with van der Waals surface area (Å²) >= 11 is 0. The van der Waals surface area contributed by atoms with Gasteiger partial charge in [-0.15, -0.1) is 0 Å². The first kappa shape index (κ1) is 10.4. The number of hydrogen-bond donors (Lipinski definition) is 2. The minimum absolute atomic E-state index is 0.736. The third-order valence-corrected chi connectivity index (χ3v) is 4.15. The molecule has 0 amide bonds. The molecular weight excluding hydrogens is 172 g/mol. The predicted octanol–water partition coefficient (Wildman–Crippen LogP) is 1.89. The molecule has 2 atom stereocenters. The highest BCUT2D eigenvalue weighted by atomic mass is 14.9. The van der Waals surface area contributed by atoms with E-state index in [2.05, 4.69) is 5.32 Å². The maximum atomic E-state index is 5.75. The van der Waals surface area contributed by atoms with Crippen molar-refractivity contribution in [2.45, 2.75) is 51.0 Å². The fourth-order valence-electron chi connectivity index (χ4n) is 2.84. The summed E-state index contributed by atoms with van der Waals surface area (Å²) in [5.41, 5.74) is 5.75. The van der Waals surface area contributed by atoms with E-state index in [0.717, 1.165) is 24.4 Å². The minimum atomic E-state index is 0.736. The Morgan fingerprint density at radius 1 is 1.07 bits per heavy atom. The highest BCUT2D eigenvalue weighted by molar-refractivity contribution is 4.84. The summed E-state index contributed by atoms with van der Waals surface area (Å²) < 4.78 is 0.